The molecule has 0 unspecified atom stereocenters. The largest absolute Gasteiger partial charge is 0.484 e. The first-order valence-electron chi connectivity index (χ1n) is 9.91. The van der Waals surface area contributed by atoms with Crippen molar-refractivity contribution in [2.24, 2.45) is 0 Å². The van der Waals surface area contributed by atoms with Crippen molar-refractivity contribution in [3.05, 3.63) is 105 Å². The van der Waals surface area contributed by atoms with Crippen LogP contribution in [0.25, 0.3) is 0 Å². The number of fused-ring (bicyclic) bond motifs is 1. The second-order valence-corrected chi connectivity index (χ2v) is 8.10. The Hall–Kier alpha value is -2.62. The van der Waals surface area contributed by atoms with Gasteiger partial charge in [0.25, 0.3) is 0 Å². The molecule has 1 aliphatic rings. The van der Waals surface area contributed by atoms with Crippen LogP contribution in [0.15, 0.2) is 72.3 Å². The Morgan fingerprint density at radius 2 is 1.63 bits per heavy atom. The summed E-state index contributed by atoms with van der Waals surface area (Å²) in [5, 5.41) is 0.882. The maximum absolute atomic E-state index is 12.8. The lowest BCUT2D eigenvalue weighted by atomic mass is 10.0. The summed E-state index contributed by atoms with van der Waals surface area (Å²) in [6.07, 6.45) is 5.32. The van der Waals surface area contributed by atoms with Crippen molar-refractivity contribution in [1.82, 2.24) is 4.98 Å². The number of hydrogen-bond acceptors (Lipinski definition) is 3. The highest BCUT2D eigenvalue weighted by molar-refractivity contribution is 6.37. The molecular formula is C25H21Cl2NO2. The van der Waals surface area contributed by atoms with Crippen LogP contribution in [0.1, 0.15) is 40.2 Å². The zero-order valence-corrected chi connectivity index (χ0v) is 17.9. The van der Waals surface area contributed by atoms with Crippen molar-refractivity contribution in [3.63, 3.8) is 0 Å². The number of aryl methyl sites for hydroxylation is 1. The highest BCUT2D eigenvalue weighted by atomic mass is 35.5. The zero-order valence-electron chi connectivity index (χ0n) is 16.4. The van der Waals surface area contributed by atoms with E-state index in [0.29, 0.717) is 33.6 Å². The minimum absolute atomic E-state index is 0.0184. The van der Waals surface area contributed by atoms with E-state index < -0.39 is 0 Å². The molecule has 3 aromatic rings. The summed E-state index contributed by atoms with van der Waals surface area (Å²) in [5.74, 6) is 0.437. The molecule has 4 rings (SSSR count). The Kier molecular flexibility index (Phi) is 6.51. The van der Waals surface area contributed by atoms with Crippen LogP contribution >= 0.6 is 23.2 Å². The first-order chi connectivity index (χ1) is 14.6. The van der Waals surface area contributed by atoms with Gasteiger partial charge in [0, 0.05) is 6.42 Å². The lowest BCUT2D eigenvalue weighted by Crippen LogP contribution is -2.07. The third-order valence-electron chi connectivity index (χ3n) is 5.21. The molecule has 2 aromatic carbocycles. The predicted molar refractivity (Wildman–Crippen MR) is 121 cm³/mol. The SMILES string of the molecule is O=C(CC1=CCc2ccccc2CC1)c1cccc(COc2c(Cl)cccc2Cl)n1. The normalized spacial score (nSPS) is 13.2. The highest BCUT2D eigenvalue weighted by Gasteiger charge is 2.15. The minimum Gasteiger partial charge on any atom is -0.484 e. The lowest BCUT2D eigenvalue weighted by Gasteiger charge is -2.10. The van der Waals surface area contributed by atoms with Crippen molar-refractivity contribution in [2.45, 2.75) is 32.3 Å². The highest BCUT2D eigenvalue weighted by Crippen LogP contribution is 2.32. The van der Waals surface area contributed by atoms with E-state index in [2.05, 4.69) is 35.3 Å². The quantitative estimate of drug-likeness (QED) is 0.319. The van der Waals surface area contributed by atoms with Gasteiger partial charge < -0.3 is 4.74 Å². The summed E-state index contributed by atoms with van der Waals surface area (Å²) in [4.78, 5) is 17.3. The minimum atomic E-state index is 0.0184. The number of hydrogen-bond donors (Lipinski definition) is 0. The molecule has 1 aliphatic carbocycles. The van der Waals surface area contributed by atoms with E-state index in [-0.39, 0.29) is 12.4 Å². The Morgan fingerprint density at radius 1 is 0.900 bits per heavy atom. The maximum Gasteiger partial charge on any atom is 0.185 e. The second kappa shape index (κ2) is 9.46. The molecule has 0 atom stereocenters. The van der Waals surface area contributed by atoms with Gasteiger partial charge in [0.2, 0.25) is 0 Å². The van der Waals surface area contributed by atoms with Crippen molar-refractivity contribution < 1.29 is 9.53 Å². The monoisotopic (exact) mass is 437 g/mol. The first-order valence-corrected chi connectivity index (χ1v) is 10.7. The number of benzene rings is 2. The number of carbonyl (C=O) groups excluding carboxylic acids is 1. The average molecular weight is 438 g/mol. The van der Waals surface area contributed by atoms with Crippen LogP contribution in [-0.4, -0.2) is 10.8 Å². The van der Waals surface area contributed by atoms with Gasteiger partial charge in [0.05, 0.1) is 15.7 Å². The van der Waals surface area contributed by atoms with Crippen LogP contribution in [0, 0.1) is 0 Å². The first kappa shape index (κ1) is 20.6. The van der Waals surface area contributed by atoms with Gasteiger partial charge in [-0.25, -0.2) is 4.98 Å². The van der Waals surface area contributed by atoms with Crippen LogP contribution < -0.4 is 4.74 Å². The van der Waals surface area contributed by atoms with E-state index >= 15 is 0 Å². The summed E-state index contributed by atoms with van der Waals surface area (Å²) >= 11 is 12.3. The average Bonchev–Trinajstić information content (AvgIpc) is 2.96. The van der Waals surface area contributed by atoms with Gasteiger partial charge in [-0.05, 0) is 54.7 Å². The molecule has 0 saturated carbocycles. The number of carbonyl (C=O) groups is 1. The fourth-order valence-corrected chi connectivity index (χ4v) is 4.10. The van der Waals surface area contributed by atoms with Gasteiger partial charge in [-0.3, -0.25) is 4.79 Å². The molecule has 0 bridgehead atoms. The van der Waals surface area contributed by atoms with Crippen LogP contribution in [0.4, 0.5) is 0 Å². The molecule has 0 N–H and O–H groups in total. The summed E-state index contributed by atoms with van der Waals surface area (Å²) in [7, 11) is 0. The number of allylic oxidation sites excluding steroid dienone is 2. The molecular weight excluding hydrogens is 417 g/mol. The molecule has 0 radical (unpaired) electrons. The molecule has 0 amide bonds. The molecule has 0 spiro atoms. The summed E-state index contributed by atoms with van der Waals surface area (Å²) < 4.78 is 5.74. The van der Waals surface area contributed by atoms with Crippen molar-refractivity contribution in [2.75, 3.05) is 0 Å². The number of pyridine rings is 1. The molecule has 30 heavy (non-hydrogen) atoms. The summed E-state index contributed by atoms with van der Waals surface area (Å²) in [6.45, 7) is 0.183. The van der Waals surface area contributed by atoms with Gasteiger partial charge in [-0.1, -0.05) is 71.2 Å². The molecule has 0 fully saturated rings. The molecule has 1 heterocycles. The van der Waals surface area contributed by atoms with Crippen molar-refractivity contribution in [1.29, 1.82) is 0 Å². The second-order valence-electron chi connectivity index (χ2n) is 7.29. The van der Waals surface area contributed by atoms with E-state index in [1.807, 2.05) is 12.1 Å². The summed E-state index contributed by atoms with van der Waals surface area (Å²) in [6, 6.07) is 19.1. The maximum atomic E-state index is 12.8. The number of para-hydroxylation sites is 1. The Balaban J connectivity index is 1.41. The van der Waals surface area contributed by atoms with Crippen LogP contribution in [-0.2, 0) is 19.4 Å². The van der Waals surface area contributed by atoms with Gasteiger partial charge in [0.1, 0.15) is 12.3 Å². The number of ketones is 1. The van der Waals surface area contributed by atoms with E-state index in [4.69, 9.17) is 27.9 Å². The predicted octanol–water partition coefficient (Wildman–Crippen LogP) is 6.66. The van der Waals surface area contributed by atoms with E-state index in [1.165, 1.54) is 16.7 Å². The molecule has 1 aromatic heterocycles. The van der Waals surface area contributed by atoms with E-state index in [0.717, 1.165) is 19.3 Å². The number of Topliss-reactive ketones (excluding diaryl/α,β-unsaturated/α-hetero) is 1. The topological polar surface area (TPSA) is 39.2 Å². The number of halogens is 2. The van der Waals surface area contributed by atoms with Gasteiger partial charge in [-0.2, -0.15) is 0 Å². The number of ether oxygens (including phenoxy) is 1. The molecule has 3 nitrogen and oxygen atoms in total. The molecule has 0 aliphatic heterocycles. The van der Waals surface area contributed by atoms with Gasteiger partial charge in [0.15, 0.2) is 11.5 Å². The zero-order chi connectivity index (χ0) is 20.9. The van der Waals surface area contributed by atoms with Crippen LogP contribution in [0.2, 0.25) is 10.0 Å². The molecule has 0 saturated heterocycles. The smallest absolute Gasteiger partial charge is 0.185 e. The number of aromatic nitrogens is 1. The third kappa shape index (κ3) is 4.92. The molecule has 5 heteroatoms. The summed E-state index contributed by atoms with van der Waals surface area (Å²) in [5.41, 5.74) is 4.98. The third-order valence-corrected chi connectivity index (χ3v) is 5.80. The Morgan fingerprint density at radius 3 is 2.43 bits per heavy atom. The lowest BCUT2D eigenvalue weighted by molar-refractivity contribution is 0.0986. The van der Waals surface area contributed by atoms with Crippen LogP contribution in [0.5, 0.6) is 5.75 Å². The van der Waals surface area contributed by atoms with E-state index in [1.54, 1.807) is 24.3 Å². The number of nitrogens with zero attached hydrogens (tertiary/aromatic N) is 1. The Labute approximate surface area is 186 Å². The fraction of sp³-hybridized carbons (Fsp3) is 0.200. The fourth-order valence-electron chi connectivity index (χ4n) is 3.59. The van der Waals surface area contributed by atoms with Crippen LogP contribution in [0.3, 0.4) is 0 Å². The molecule has 152 valence electrons. The Bertz CT molecular complexity index is 1090. The van der Waals surface area contributed by atoms with Gasteiger partial charge in [-0.15, -0.1) is 0 Å². The number of rotatable bonds is 6. The van der Waals surface area contributed by atoms with E-state index in [9.17, 15) is 4.79 Å². The van der Waals surface area contributed by atoms with Crippen molar-refractivity contribution >= 4 is 29.0 Å². The van der Waals surface area contributed by atoms with Gasteiger partial charge >= 0.3 is 0 Å². The van der Waals surface area contributed by atoms with Crippen molar-refractivity contribution in [3.8, 4) is 5.75 Å². The standard InChI is InChI=1S/C25H21Cl2NO2/c26-21-8-4-9-22(27)25(21)30-16-20-7-3-10-23(28-20)24(29)15-17-11-13-18-5-1-2-6-19(18)14-12-17/h1-11H,12-16H2.